The van der Waals surface area contributed by atoms with E-state index in [0.29, 0.717) is 11.1 Å². The minimum Gasteiger partial charge on any atom is -0.267 e. The number of hydrogen-bond donors (Lipinski definition) is 1. The highest BCUT2D eigenvalue weighted by Crippen LogP contribution is 2.18. The van der Waals surface area contributed by atoms with Crippen LogP contribution in [0.15, 0.2) is 42.5 Å². The topological polar surface area (TPSA) is 49.4 Å². The summed E-state index contributed by atoms with van der Waals surface area (Å²) in [5, 5.41) is 1.41. The van der Waals surface area contributed by atoms with E-state index in [-0.39, 0.29) is 11.8 Å². The van der Waals surface area contributed by atoms with E-state index in [1.165, 1.54) is 10.6 Å². The van der Waals surface area contributed by atoms with Gasteiger partial charge in [-0.25, -0.2) is 5.01 Å². The zero-order valence-electron chi connectivity index (χ0n) is 16.5. The average Bonchev–Trinajstić information content (AvgIpc) is 2.60. The Kier molecular flexibility index (Phi) is 5.86. The molecule has 2 rings (SSSR count). The molecule has 0 aliphatic carbocycles. The molecule has 4 nitrogen and oxygen atoms in total. The van der Waals surface area contributed by atoms with Gasteiger partial charge in [-0.3, -0.25) is 15.0 Å². The van der Waals surface area contributed by atoms with Crippen LogP contribution >= 0.6 is 0 Å². The highest BCUT2D eigenvalue weighted by molar-refractivity contribution is 6.00. The van der Waals surface area contributed by atoms with Gasteiger partial charge >= 0.3 is 0 Å². The predicted molar refractivity (Wildman–Crippen MR) is 105 cm³/mol. The Morgan fingerprint density at radius 1 is 1.00 bits per heavy atom. The first-order chi connectivity index (χ1) is 12.1. The van der Waals surface area contributed by atoms with Gasteiger partial charge < -0.3 is 0 Å². The Labute approximate surface area is 156 Å². The smallest absolute Gasteiger partial charge is 0.267 e. The van der Waals surface area contributed by atoms with Crippen LogP contribution in [0.3, 0.4) is 0 Å². The van der Waals surface area contributed by atoms with Crippen LogP contribution in [-0.2, 0) is 6.42 Å². The van der Waals surface area contributed by atoms with Crippen molar-refractivity contribution in [3.05, 3.63) is 70.3 Å². The van der Waals surface area contributed by atoms with Crippen molar-refractivity contribution in [1.29, 1.82) is 0 Å². The lowest BCUT2D eigenvalue weighted by Gasteiger charge is -2.35. The molecule has 0 aliphatic rings. The van der Waals surface area contributed by atoms with Gasteiger partial charge in [0.2, 0.25) is 0 Å². The van der Waals surface area contributed by atoms with Gasteiger partial charge in [-0.05, 0) is 75.9 Å². The molecule has 0 fully saturated rings. The molecule has 2 aromatic rings. The van der Waals surface area contributed by atoms with E-state index in [4.69, 9.17) is 0 Å². The van der Waals surface area contributed by atoms with Gasteiger partial charge in [0.15, 0.2) is 0 Å². The summed E-state index contributed by atoms with van der Waals surface area (Å²) in [6.45, 7) is 11.6. The molecule has 0 aromatic heterocycles. The van der Waals surface area contributed by atoms with Crippen LogP contribution in [0.1, 0.15) is 65.1 Å². The molecule has 0 heterocycles. The lowest BCUT2D eigenvalue weighted by Crippen LogP contribution is -2.56. The second-order valence-electron chi connectivity index (χ2n) is 7.55. The number of nitrogens with zero attached hydrogens (tertiary/aromatic N) is 1. The molecule has 0 bridgehead atoms. The number of carbonyl (C=O) groups is 2. The van der Waals surface area contributed by atoms with Gasteiger partial charge in [0.25, 0.3) is 11.8 Å². The molecule has 0 atom stereocenters. The number of nitrogens with one attached hydrogen (secondary N) is 1. The van der Waals surface area contributed by atoms with Gasteiger partial charge in [0, 0.05) is 11.1 Å². The molecule has 2 amide bonds. The Balaban J connectivity index is 2.31. The maximum Gasteiger partial charge on any atom is 0.272 e. The summed E-state index contributed by atoms with van der Waals surface area (Å²) in [5.74, 6) is -0.501. The number of hydrogen-bond acceptors (Lipinski definition) is 2. The minimum absolute atomic E-state index is 0.223. The number of rotatable bonds is 3. The second kappa shape index (κ2) is 7.73. The zero-order valence-corrected chi connectivity index (χ0v) is 16.5. The van der Waals surface area contributed by atoms with E-state index in [1.54, 1.807) is 6.07 Å². The van der Waals surface area contributed by atoms with Gasteiger partial charge in [-0.15, -0.1) is 0 Å². The molecular weight excluding hydrogens is 324 g/mol. The first-order valence-electron chi connectivity index (χ1n) is 8.96. The summed E-state index contributed by atoms with van der Waals surface area (Å²) in [5.41, 5.74) is 6.51. The van der Waals surface area contributed by atoms with Crippen molar-refractivity contribution in [2.45, 2.75) is 53.5 Å². The van der Waals surface area contributed by atoms with Crippen LogP contribution in [0, 0.1) is 13.8 Å². The van der Waals surface area contributed by atoms with E-state index in [1.807, 2.05) is 71.0 Å². The fraction of sp³-hybridized carbons (Fsp3) is 0.364. The average molecular weight is 352 g/mol. The normalized spacial score (nSPS) is 11.2. The van der Waals surface area contributed by atoms with Gasteiger partial charge in [-0.2, -0.15) is 0 Å². The van der Waals surface area contributed by atoms with Crippen molar-refractivity contribution in [3.63, 3.8) is 0 Å². The number of benzene rings is 2. The highest BCUT2D eigenvalue weighted by atomic mass is 16.2. The molecular formula is C22H28N2O2. The molecule has 26 heavy (non-hydrogen) atoms. The van der Waals surface area contributed by atoms with Gasteiger partial charge in [-0.1, -0.05) is 31.2 Å². The summed E-state index contributed by atoms with van der Waals surface area (Å²) in [7, 11) is 0. The predicted octanol–water partition coefficient (Wildman–Crippen LogP) is 4.45. The number of hydrazine groups is 1. The quantitative estimate of drug-likeness (QED) is 0.830. The van der Waals surface area contributed by atoms with Crippen molar-refractivity contribution < 1.29 is 9.59 Å². The number of aryl methyl sites for hydroxylation is 2. The Hall–Kier alpha value is -2.62. The van der Waals surface area contributed by atoms with Crippen LogP contribution in [0.2, 0.25) is 0 Å². The summed E-state index contributed by atoms with van der Waals surface area (Å²) in [6.07, 6.45) is 0.917. The lowest BCUT2D eigenvalue weighted by atomic mass is 10.0. The third-order valence-corrected chi connectivity index (χ3v) is 4.55. The lowest BCUT2D eigenvalue weighted by molar-refractivity contribution is 0.0358. The monoisotopic (exact) mass is 352 g/mol. The number of carbonyl (C=O) groups excluding carboxylic acids is 2. The van der Waals surface area contributed by atoms with Crippen molar-refractivity contribution in [3.8, 4) is 0 Å². The molecule has 1 N–H and O–H groups in total. The summed E-state index contributed by atoms with van der Waals surface area (Å²) in [4.78, 5) is 25.8. The molecule has 4 heteroatoms. The molecule has 0 unspecified atom stereocenters. The molecule has 2 aromatic carbocycles. The molecule has 0 spiro atoms. The van der Waals surface area contributed by atoms with Crippen molar-refractivity contribution in [2.75, 3.05) is 0 Å². The zero-order chi connectivity index (χ0) is 19.5. The first-order valence-corrected chi connectivity index (χ1v) is 8.96. The molecule has 0 radical (unpaired) electrons. The van der Waals surface area contributed by atoms with Crippen LogP contribution in [0.4, 0.5) is 0 Å². The summed E-state index contributed by atoms with van der Waals surface area (Å²) in [6, 6.07) is 13.1. The van der Waals surface area contributed by atoms with Crippen LogP contribution in [0.5, 0.6) is 0 Å². The van der Waals surface area contributed by atoms with Crippen LogP contribution in [0.25, 0.3) is 0 Å². The highest BCUT2D eigenvalue weighted by Gasteiger charge is 2.30. The van der Waals surface area contributed by atoms with Crippen molar-refractivity contribution in [2.24, 2.45) is 0 Å². The minimum atomic E-state index is -0.562. The van der Waals surface area contributed by atoms with E-state index >= 15 is 0 Å². The maximum atomic E-state index is 13.0. The fourth-order valence-corrected chi connectivity index (χ4v) is 2.69. The Bertz CT molecular complexity index is 802. The molecule has 138 valence electrons. The van der Waals surface area contributed by atoms with E-state index < -0.39 is 5.54 Å². The van der Waals surface area contributed by atoms with Crippen LogP contribution < -0.4 is 5.43 Å². The first kappa shape index (κ1) is 19.7. The third-order valence-electron chi connectivity index (χ3n) is 4.55. The second-order valence-corrected chi connectivity index (χ2v) is 7.55. The fourth-order valence-electron chi connectivity index (χ4n) is 2.69. The third kappa shape index (κ3) is 4.31. The maximum absolute atomic E-state index is 13.0. The van der Waals surface area contributed by atoms with Crippen molar-refractivity contribution in [1.82, 2.24) is 10.4 Å². The largest absolute Gasteiger partial charge is 0.272 e. The summed E-state index contributed by atoms with van der Waals surface area (Å²) < 4.78 is 0. The van der Waals surface area contributed by atoms with E-state index in [2.05, 4.69) is 12.3 Å². The molecule has 0 saturated carbocycles. The van der Waals surface area contributed by atoms with Gasteiger partial charge in [0.05, 0.1) is 5.54 Å². The Morgan fingerprint density at radius 2 is 1.62 bits per heavy atom. The molecule has 0 saturated heterocycles. The standard InChI is InChI=1S/C22H28N2O2/c1-7-17-11-13-18(14-12-17)21(26)24(22(4,5)6)23-20(25)19-10-8-9-15(2)16(19)3/h8-14H,7H2,1-6H3,(H,23,25). The van der Waals surface area contributed by atoms with E-state index in [0.717, 1.165) is 17.5 Å². The molecule has 0 aliphatic heterocycles. The summed E-state index contributed by atoms with van der Waals surface area (Å²) >= 11 is 0. The van der Waals surface area contributed by atoms with Crippen LogP contribution in [-0.4, -0.2) is 22.4 Å². The number of amides is 2. The van der Waals surface area contributed by atoms with Gasteiger partial charge in [0.1, 0.15) is 0 Å². The SMILES string of the molecule is CCc1ccc(C(=O)N(NC(=O)c2cccc(C)c2C)C(C)(C)C)cc1. The van der Waals surface area contributed by atoms with Crippen molar-refractivity contribution >= 4 is 11.8 Å². The van der Waals surface area contributed by atoms with E-state index in [9.17, 15) is 9.59 Å². The Morgan fingerprint density at radius 3 is 2.15 bits per heavy atom.